The van der Waals surface area contributed by atoms with Crippen LogP contribution >= 0.6 is 22.9 Å². The lowest BCUT2D eigenvalue weighted by atomic mass is 10.2. The maximum Gasteiger partial charge on any atom is 0.190 e. The number of rotatable bonds is 4. The average Bonchev–Trinajstić information content (AvgIpc) is 2.92. The van der Waals surface area contributed by atoms with Crippen molar-refractivity contribution in [1.82, 2.24) is 4.57 Å². The van der Waals surface area contributed by atoms with Gasteiger partial charge < -0.3 is 10.3 Å². The van der Waals surface area contributed by atoms with Gasteiger partial charge in [0, 0.05) is 23.5 Å². The predicted octanol–water partition coefficient (Wildman–Crippen LogP) is 4.06. The van der Waals surface area contributed by atoms with Gasteiger partial charge in [0.05, 0.1) is 11.4 Å². The van der Waals surface area contributed by atoms with E-state index in [2.05, 4.69) is 9.95 Å². The molecule has 0 atom stereocenters. The van der Waals surface area contributed by atoms with Crippen LogP contribution in [0.15, 0.2) is 65.0 Å². The molecular weight excluding hydrogens is 314 g/mol. The lowest BCUT2D eigenvalue weighted by Crippen LogP contribution is -2.20. The number of aromatic nitrogens is 1. The van der Waals surface area contributed by atoms with Crippen LogP contribution < -0.4 is 10.5 Å². The van der Waals surface area contributed by atoms with Crippen molar-refractivity contribution >= 4 is 28.6 Å². The van der Waals surface area contributed by atoms with E-state index in [1.807, 2.05) is 54.6 Å². The van der Waals surface area contributed by atoms with Crippen LogP contribution in [0.2, 0.25) is 5.02 Å². The topological polar surface area (TPSA) is 43.3 Å². The Morgan fingerprint density at radius 1 is 1.05 bits per heavy atom. The van der Waals surface area contributed by atoms with Gasteiger partial charge in [-0.2, -0.15) is 0 Å². The van der Waals surface area contributed by atoms with Crippen LogP contribution in [0.25, 0.3) is 11.3 Å². The van der Waals surface area contributed by atoms with Gasteiger partial charge >= 0.3 is 0 Å². The van der Waals surface area contributed by atoms with E-state index in [0.717, 1.165) is 33.3 Å². The molecule has 1 aromatic heterocycles. The predicted molar refractivity (Wildman–Crippen MR) is 93.5 cm³/mol. The van der Waals surface area contributed by atoms with Crippen LogP contribution in [-0.4, -0.2) is 11.1 Å². The highest BCUT2D eigenvalue weighted by molar-refractivity contribution is 7.07. The molecule has 0 aliphatic carbocycles. The summed E-state index contributed by atoms with van der Waals surface area (Å²) < 4.78 is 2.15. The van der Waals surface area contributed by atoms with Crippen molar-refractivity contribution in [3.63, 3.8) is 0 Å². The van der Waals surface area contributed by atoms with Crippen molar-refractivity contribution in [3.8, 4) is 11.3 Å². The summed E-state index contributed by atoms with van der Waals surface area (Å²) in [5.41, 5.74) is 8.94. The zero-order valence-corrected chi connectivity index (χ0v) is 13.5. The lowest BCUT2D eigenvalue weighted by molar-refractivity contribution is 0.695. The summed E-state index contributed by atoms with van der Waals surface area (Å²) >= 11 is 7.59. The highest BCUT2D eigenvalue weighted by Gasteiger charge is 2.07. The van der Waals surface area contributed by atoms with Gasteiger partial charge in [0.1, 0.15) is 0 Å². The van der Waals surface area contributed by atoms with Gasteiger partial charge in [-0.25, -0.2) is 4.99 Å². The smallest absolute Gasteiger partial charge is 0.190 e. The summed E-state index contributed by atoms with van der Waals surface area (Å²) in [6.07, 6.45) is 0. The molecule has 1 heterocycles. The second-order valence-electron chi connectivity index (χ2n) is 4.80. The van der Waals surface area contributed by atoms with Gasteiger partial charge in [0.25, 0.3) is 0 Å². The van der Waals surface area contributed by atoms with Crippen molar-refractivity contribution in [1.29, 1.82) is 0 Å². The fourth-order valence-corrected chi connectivity index (χ4v) is 3.31. The molecule has 22 heavy (non-hydrogen) atoms. The summed E-state index contributed by atoms with van der Waals surface area (Å²) in [5, 5.41) is 2.85. The van der Waals surface area contributed by atoms with E-state index in [0.29, 0.717) is 6.54 Å². The third-order valence-electron chi connectivity index (χ3n) is 3.27. The summed E-state index contributed by atoms with van der Waals surface area (Å²) in [4.78, 5) is 5.67. The number of nitrogens with zero attached hydrogens (tertiary/aromatic N) is 2. The molecule has 0 spiro atoms. The minimum atomic E-state index is 0.569. The molecule has 3 nitrogen and oxygen atoms in total. The quantitative estimate of drug-likeness (QED) is 0.770. The molecule has 0 aliphatic heterocycles. The SMILES string of the molecule is NCCn1c(-c2ccc(Cl)cc2)csc1=Nc1ccccc1. The maximum absolute atomic E-state index is 5.97. The Morgan fingerprint density at radius 3 is 2.45 bits per heavy atom. The summed E-state index contributed by atoms with van der Waals surface area (Å²) in [5.74, 6) is 0. The van der Waals surface area contributed by atoms with Crippen molar-refractivity contribution in [2.75, 3.05) is 6.54 Å². The Hall–Kier alpha value is -1.88. The van der Waals surface area contributed by atoms with Crippen molar-refractivity contribution in [2.45, 2.75) is 6.54 Å². The standard InChI is InChI=1S/C17H16ClN3S/c18-14-8-6-13(7-9-14)16-12-22-17(21(16)11-10-19)20-15-4-2-1-3-5-15/h1-9,12H,10-11,19H2. The van der Waals surface area contributed by atoms with Gasteiger partial charge in [-0.05, 0) is 29.8 Å². The summed E-state index contributed by atoms with van der Waals surface area (Å²) in [6, 6.07) is 17.8. The number of para-hydroxylation sites is 1. The van der Waals surface area contributed by atoms with E-state index in [4.69, 9.17) is 22.3 Å². The molecule has 0 saturated carbocycles. The molecule has 3 rings (SSSR count). The number of nitrogens with two attached hydrogens (primary N) is 1. The molecular formula is C17H16ClN3S. The van der Waals surface area contributed by atoms with Crippen LogP contribution in [0.4, 0.5) is 5.69 Å². The third kappa shape index (κ3) is 3.30. The molecule has 3 aromatic rings. The van der Waals surface area contributed by atoms with Crippen molar-refractivity contribution in [2.24, 2.45) is 10.7 Å². The van der Waals surface area contributed by atoms with E-state index < -0.39 is 0 Å². The fourth-order valence-electron chi connectivity index (χ4n) is 2.23. The van der Waals surface area contributed by atoms with Gasteiger partial charge in [-0.15, -0.1) is 11.3 Å². The van der Waals surface area contributed by atoms with Crippen LogP contribution in [0.3, 0.4) is 0 Å². The minimum absolute atomic E-state index is 0.569. The molecule has 0 aliphatic rings. The van der Waals surface area contributed by atoms with Gasteiger partial charge in [-0.3, -0.25) is 0 Å². The van der Waals surface area contributed by atoms with Crippen LogP contribution in [-0.2, 0) is 6.54 Å². The highest BCUT2D eigenvalue weighted by Crippen LogP contribution is 2.22. The normalized spacial score (nSPS) is 11.8. The Balaban J connectivity index is 2.09. The molecule has 112 valence electrons. The molecule has 0 amide bonds. The monoisotopic (exact) mass is 329 g/mol. The van der Waals surface area contributed by atoms with E-state index in [1.54, 1.807) is 11.3 Å². The zero-order valence-electron chi connectivity index (χ0n) is 11.9. The van der Waals surface area contributed by atoms with Crippen LogP contribution in [0.5, 0.6) is 0 Å². The Morgan fingerprint density at radius 2 is 1.77 bits per heavy atom. The fraction of sp³-hybridized carbons (Fsp3) is 0.118. The first kappa shape index (κ1) is 15.0. The number of benzene rings is 2. The van der Waals surface area contributed by atoms with E-state index in [1.165, 1.54) is 0 Å². The van der Waals surface area contributed by atoms with Crippen LogP contribution in [0.1, 0.15) is 0 Å². The number of hydrogen-bond donors (Lipinski definition) is 1. The minimum Gasteiger partial charge on any atom is -0.329 e. The second-order valence-corrected chi connectivity index (χ2v) is 6.07. The van der Waals surface area contributed by atoms with E-state index in [-0.39, 0.29) is 0 Å². The first-order valence-corrected chi connectivity index (χ1v) is 8.28. The summed E-state index contributed by atoms with van der Waals surface area (Å²) in [7, 11) is 0. The van der Waals surface area contributed by atoms with E-state index >= 15 is 0 Å². The van der Waals surface area contributed by atoms with Gasteiger partial charge in [0.2, 0.25) is 0 Å². The van der Waals surface area contributed by atoms with Gasteiger partial charge in [-0.1, -0.05) is 41.9 Å². The zero-order chi connectivity index (χ0) is 15.4. The first-order valence-electron chi connectivity index (χ1n) is 7.02. The number of thiazole rings is 1. The molecule has 0 bridgehead atoms. The highest BCUT2D eigenvalue weighted by atomic mass is 35.5. The first-order chi connectivity index (χ1) is 10.8. The third-order valence-corrected chi connectivity index (χ3v) is 4.39. The molecule has 0 radical (unpaired) electrons. The van der Waals surface area contributed by atoms with Crippen molar-refractivity contribution < 1.29 is 0 Å². The molecule has 0 unspecified atom stereocenters. The van der Waals surface area contributed by atoms with Crippen LogP contribution in [0, 0.1) is 0 Å². The Bertz CT molecular complexity index is 804. The lowest BCUT2D eigenvalue weighted by Gasteiger charge is -2.07. The average molecular weight is 330 g/mol. The molecule has 0 fully saturated rings. The Labute approximate surface area is 138 Å². The number of hydrogen-bond acceptors (Lipinski definition) is 3. The van der Waals surface area contributed by atoms with Crippen molar-refractivity contribution in [3.05, 3.63) is 69.8 Å². The Kier molecular flexibility index (Phi) is 4.73. The number of halogens is 1. The summed E-state index contributed by atoms with van der Waals surface area (Å²) in [6.45, 7) is 1.30. The van der Waals surface area contributed by atoms with Gasteiger partial charge in [0.15, 0.2) is 4.80 Å². The molecule has 0 saturated heterocycles. The largest absolute Gasteiger partial charge is 0.329 e. The molecule has 5 heteroatoms. The second kappa shape index (κ2) is 6.92. The maximum atomic E-state index is 5.97. The molecule has 2 N–H and O–H groups in total. The molecule has 2 aromatic carbocycles. The van der Waals surface area contributed by atoms with E-state index in [9.17, 15) is 0 Å².